The fourth-order valence-corrected chi connectivity index (χ4v) is 10.6. The largest absolute Gasteiger partial charge is 0.308 e. The van der Waals surface area contributed by atoms with Gasteiger partial charge in [0.15, 0.2) is 0 Å². The maximum atomic E-state index is 2.52. The van der Waals surface area contributed by atoms with Gasteiger partial charge in [0.1, 0.15) is 0 Å². The lowest BCUT2D eigenvalue weighted by Crippen LogP contribution is -2.11. The van der Waals surface area contributed by atoms with Crippen LogP contribution >= 0.6 is 22.7 Å². The Morgan fingerprint density at radius 3 is 1.83 bits per heavy atom. The molecule has 0 aliphatic carbocycles. The standard InChI is InChI=1S/C50H31NS2/c1-2-14-32(15-3-1)43-31-34(28-29-37(43)40-22-13-27-48-49(40)42-21-9-11-26-47(42)52-48)51(44-24-12-23-41-39-20-8-10-25-46(39)53-50(41)44)45-30-33-16-4-5-17-35(33)36-18-6-7-19-38(36)45/h1-31H. The second-order valence-electron chi connectivity index (χ2n) is 13.6. The van der Waals surface area contributed by atoms with Crippen molar-refractivity contribution in [3.05, 3.63) is 188 Å². The first-order valence-corrected chi connectivity index (χ1v) is 19.6. The Labute approximate surface area is 315 Å². The molecular weight excluding hydrogens is 679 g/mol. The first kappa shape index (κ1) is 30.4. The monoisotopic (exact) mass is 709 g/mol. The van der Waals surface area contributed by atoms with Gasteiger partial charge >= 0.3 is 0 Å². The maximum absolute atomic E-state index is 2.52. The highest BCUT2D eigenvalue weighted by molar-refractivity contribution is 7.26. The van der Waals surface area contributed by atoms with Gasteiger partial charge < -0.3 is 4.90 Å². The summed E-state index contributed by atoms with van der Waals surface area (Å²) in [4.78, 5) is 2.52. The van der Waals surface area contributed by atoms with Crippen molar-refractivity contribution < 1.29 is 0 Å². The van der Waals surface area contributed by atoms with E-state index in [2.05, 4.69) is 193 Å². The summed E-state index contributed by atoms with van der Waals surface area (Å²) in [5.41, 5.74) is 8.38. The lowest BCUT2D eigenvalue weighted by atomic mass is 9.91. The van der Waals surface area contributed by atoms with Crippen LogP contribution in [0.5, 0.6) is 0 Å². The van der Waals surface area contributed by atoms with Gasteiger partial charge in [-0.05, 0) is 80.9 Å². The van der Waals surface area contributed by atoms with Crippen LogP contribution in [0.4, 0.5) is 17.1 Å². The van der Waals surface area contributed by atoms with E-state index in [1.54, 1.807) is 0 Å². The zero-order valence-corrected chi connectivity index (χ0v) is 30.3. The number of thiophene rings is 2. The fourth-order valence-electron chi connectivity index (χ4n) is 8.30. The van der Waals surface area contributed by atoms with Gasteiger partial charge in [-0.2, -0.15) is 0 Å². The first-order valence-electron chi connectivity index (χ1n) is 18.0. The van der Waals surface area contributed by atoms with Gasteiger partial charge in [0.2, 0.25) is 0 Å². The van der Waals surface area contributed by atoms with Crippen molar-refractivity contribution >= 4 is 102 Å². The van der Waals surface area contributed by atoms with E-state index < -0.39 is 0 Å². The SMILES string of the molecule is c1ccc(-c2cc(N(c3cc4ccccc4c4ccccc34)c3cccc4c3sc3ccccc34)ccc2-c2cccc3sc4ccccc4c23)cc1. The van der Waals surface area contributed by atoms with Crippen molar-refractivity contribution in [2.45, 2.75) is 0 Å². The average molecular weight is 710 g/mol. The summed E-state index contributed by atoms with van der Waals surface area (Å²) in [6, 6.07) is 69.3. The molecule has 248 valence electrons. The van der Waals surface area contributed by atoms with E-state index in [9.17, 15) is 0 Å². The number of rotatable bonds is 5. The maximum Gasteiger partial charge on any atom is 0.0640 e. The fraction of sp³-hybridized carbons (Fsp3) is 0. The Kier molecular flexibility index (Phi) is 6.97. The highest BCUT2D eigenvalue weighted by Gasteiger charge is 2.23. The molecule has 3 heteroatoms. The summed E-state index contributed by atoms with van der Waals surface area (Å²) >= 11 is 3.75. The molecule has 2 aromatic heterocycles. The second kappa shape index (κ2) is 12.2. The molecule has 9 aromatic carbocycles. The predicted octanol–water partition coefficient (Wildman–Crippen LogP) is 15.5. The average Bonchev–Trinajstić information content (AvgIpc) is 3.81. The van der Waals surface area contributed by atoms with Crippen LogP contribution < -0.4 is 4.90 Å². The van der Waals surface area contributed by atoms with E-state index in [1.165, 1.54) is 95.5 Å². The molecule has 0 aliphatic heterocycles. The summed E-state index contributed by atoms with van der Waals surface area (Å²) in [6.07, 6.45) is 0. The molecule has 0 aliphatic rings. The number of fused-ring (bicyclic) bond motifs is 9. The van der Waals surface area contributed by atoms with Crippen molar-refractivity contribution in [3.8, 4) is 22.3 Å². The highest BCUT2D eigenvalue weighted by Crippen LogP contribution is 2.50. The van der Waals surface area contributed by atoms with Gasteiger partial charge in [0, 0.05) is 46.7 Å². The second-order valence-corrected chi connectivity index (χ2v) is 15.8. The molecule has 0 N–H and O–H groups in total. The van der Waals surface area contributed by atoms with Gasteiger partial charge in [0.25, 0.3) is 0 Å². The molecule has 0 saturated heterocycles. The minimum Gasteiger partial charge on any atom is -0.308 e. The normalized spacial score (nSPS) is 11.8. The van der Waals surface area contributed by atoms with Crippen LogP contribution in [0.1, 0.15) is 0 Å². The van der Waals surface area contributed by atoms with Crippen molar-refractivity contribution in [1.29, 1.82) is 0 Å². The quantitative estimate of drug-likeness (QED) is 0.161. The zero-order valence-electron chi connectivity index (χ0n) is 28.7. The van der Waals surface area contributed by atoms with Crippen LogP contribution in [0, 0.1) is 0 Å². The molecule has 0 saturated carbocycles. The Bertz CT molecular complexity index is 3190. The van der Waals surface area contributed by atoms with E-state index in [0.717, 1.165) is 5.69 Å². The molecule has 0 spiro atoms. The molecule has 1 nitrogen and oxygen atoms in total. The third kappa shape index (κ3) is 4.82. The van der Waals surface area contributed by atoms with Crippen LogP contribution in [0.25, 0.3) is 84.1 Å². The Morgan fingerprint density at radius 2 is 0.981 bits per heavy atom. The van der Waals surface area contributed by atoms with Crippen molar-refractivity contribution in [2.24, 2.45) is 0 Å². The Hall–Kier alpha value is -6.26. The van der Waals surface area contributed by atoms with E-state index in [1.807, 2.05) is 22.7 Å². The Morgan fingerprint density at radius 1 is 0.340 bits per heavy atom. The first-order chi connectivity index (χ1) is 26.3. The van der Waals surface area contributed by atoms with Gasteiger partial charge in [-0.25, -0.2) is 0 Å². The molecular formula is C50H31NS2. The van der Waals surface area contributed by atoms with Crippen LogP contribution in [-0.2, 0) is 0 Å². The molecule has 0 unspecified atom stereocenters. The van der Waals surface area contributed by atoms with Crippen LogP contribution in [-0.4, -0.2) is 0 Å². The number of hydrogen-bond donors (Lipinski definition) is 0. The number of nitrogens with zero attached hydrogens (tertiary/aromatic N) is 1. The predicted molar refractivity (Wildman–Crippen MR) is 233 cm³/mol. The van der Waals surface area contributed by atoms with Gasteiger partial charge in [-0.15, -0.1) is 22.7 Å². The van der Waals surface area contributed by atoms with E-state index >= 15 is 0 Å². The van der Waals surface area contributed by atoms with Gasteiger partial charge in [-0.3, -0.25) is 0 Å². The van der Waals surface area contributed by atoms with Gasteiger partial charge in [-0.1, -0.05) is 146 Å². The summed E-state index contributed by atoms with van der Waals surface area (Å²) in [7, 11) is 0. The van der Waals surface area contributed by atoms with Crippen molar-refractivity contribution in [2.75, 3.05) is 4.90 Å². The minimum absolute atomic E-state index is 1.13. The molecule has 0 bridgehead atoms. The molecule has 0 fully saturated rings. The number of hydrogen-bond acceptors (Lipinski definition) is 3. The van der Waals surface area contributed by atoms with E-state index in [-0.39, 0.29) is 0 Å². The third-order valence-corrected chi connectivity index (χ3v) is 13.0. The lowest BCUT2D eigenvalue weighted by molar-refractivity contribution is 1.32. The van der Waals surface area contributed by atoms with Crippen molar-refractivity contribution in [3.63, 3.8) is 0 Å². The topological polar surface area (TPSA) is 3.24 Å². The summed E-state index contributed by atoms with van der Waals surface area (Å²) in [5.74, 6) is 0. The van der Waals surface area contributed by atoms with Crippen LogP contribution in [0.2, 0.25) is 0 Å². The van der Waals surface area contributed by atoms with E-state index in [0.29, 0.717) is 0 Å². The molecule has 11 aromatic rings. The molecule has 0 radical (unpaired) electrons. The Balaban J connectivity index is 1.24. The molecule has 53 heavy (non-hydrogen) atoms. The van der Waals surface area contributed by atoms with Crippen LogP contribution in [0.15, 0.2) is 188 Å². The smallest absolute Gasteiger partial charge is 0.0640 e. The van der Waals surface area contributed by atoms with Crippen LogP contribution in [0.3, 0.4) is 0 Å². The summed E-state index contributed by atoms with van der Waals surface area (Å²) in [6.45, 7) is 0. The molecule has 0 atom stereocenters. The van der Waals surface area contributed by atoms with E-state index in [4.69, 9.17) is 0 Å². The number of anilines is 3. The zero-order chi connectivity index (χ0) is 34.9. The van der Waals surface area contributed by atoms with Gasteiger partial charge in [0.05, 0.1) is 16.1 Å². The van der Waals surface area contributed by atoms with Crippen molar-refractivity contribution in [1.82, 2.24) is 0 Å². The molecule has 11 rings (SSSR count). The minimum atomic E-state index is 1.13. The highest BCUT2D eigenvalue weighted by atomic mass is 32.1. The number of benzene rings is 9. The molecule has 0 amide bonds. The summed E-state index contributed by atoms with van der Waals surface area (Å²) in [5, 5.41) is 10.2. The summed E-state index contributed by atoms with van der Waals surface area (Å²) < 4.78 is 5.21. The third-order valence-electron chi connectivity index (χ3n) is 10.7. The lowest BCUT2D eigenvalue weighted by Gasteiger charge is -2.29. The molecule has 2 heterocycles.